The number of hydrogen-bond acceptors (Lipinski definition) is 5. The maximum Gasteiger partial charge on any atom is 0.237 e. The Morgan fingerprint density at radius 3 is 2.88 bits per heavy atom. The molecule has 1 aromatic carbocycles. The molecule has 1 amide bonds. The van der Waals surface area contributed by atoms with Crippen molar-refractivity contribution in [3.63, 3.8) is 0 Å². The Hall–Kier alpha value is -1.79. The van der Waals surface area contributed by atoms with E-state index in [2.05, 4.69) is 0 Å². The van der Waals surface area contributed by atoms with Crippen molar-refractivity contribution >= 4 is 5.91 Å². The first-order valence-electron chi connectivity index (χ1n) is 8.67. The van der Waals surface area contributed by atoms with Gasteiger partial charge in [0.25, 0.3) is 0 Å². The Bertz CT molecular complexity index is 578. The fourth-order valence-electron chi connectivity index (χ4n) is 3.37. The number of benzene rings is 1. The molecule has 2 aliphatic rings. The van der Waals surface area contributed by atoms with Crippen LogP contribution in [0.4, 0.5) is 0 Å². The third-order valence-electron chi connectivity index (χ3n) is 4.62. The molecule has 0 radical (unpaired) electrons. The fraction of sp³-hybridized carbons (Fsp3) is 0.611. The van der Waals surface area contributed by atoms with Crippen LogP contribution in [-0.2, 0) is 4.79 Å². The average molecular weight is 334 g/mol. The quantitative estimate of drug-likeness (QED) is 0.883. The predicted molar refractivity (Wildman–Crippen MR) is 90.3 cm³/mol. The summed E-state index contributed by atoms with van der Waals surface area (Å²) in [6.45, 7) is 3.03. The molecule has 1 atom stereocenters. The monoisotopic (exact) mass is 334 g/mol. The summed E-state index contributed by atoms with van der Waals surface area (Å²) < 4.78 is 11.5. The molecule has 6 heteroatoms. The van der Waals surface area contributed by atoms with Crippen LogP contribution in [0.3, 0.4) is 0 Å². The number of carbonyl (C=O) groups is 1. The second kappa shape index (κ2) is 7.85. The summed E-state index contributed by atoms with van der Waals surface area (Å²) in [5.41, 5.74) is 1.11. The average Bonchev–Trinajstić information content (AvgIpc) is 2.94. The highest BCUT2D eigenvalue weighted by Gasteiger charge is 2.31. The molecule has 0 bridgehead atoms. The van der Waals surface area contributed by atoms with Gasteiger partial charge in [-0.3, -0.25) is 9.69 Å². The van der Waals surface area contributed by atoms with Gasteiger partial charge in [0, 0.05) is 19.5 Å². The molecule has 2 heterocycles. The van der Waals surface area contributed by atoms with Crippen molar-refractivity contribution in [1.29, 1.82) is 0 Å². The molecule has 1 unspecified atom stereocenters. The van der Waals surface area contributed by atoms with Crippen molar-refractivity contribution in [3.05, 3.63) is 23.8 Å². The van der Waals surface area contributed by atoms with E-state index in [4.69, 9.17) is 14.6 Å². The molecule has 0 aliphatic carbocycles. The number of fused-ring (bicyclic) bond motifs is 1. The molecule has 1 saturated heterocycles. The lowest BCUT2D eigenvalue weighted by molar-refractivity contribution is -0.133. The minimum absolute atomic E-state index is 0.0649. The SMILES string of the molecule is CN(CCO)CC(=O)N1CCCC1c1ccc2c(c1)OCCCO2. The zero-order chi connectivity index (χ0) is 16.9. The highest BCUT2D eigenvalue weighted by atomic mass is 16.5. The van der Waals surface area contributed by atoms with Gasteiger partial charge >= 0.3 is 0 Å². The zero-order valence-electron chi connectivity index (χ0n) is 14.2. The van der Waals surface area contributed by atoms with Gasteiger partial charge in [0.1, 0.15) is 0 Å². The van der Waals surface area contributed by atoms with E-state index in [-0.39, 0.29) is 18.6 Å². The summed E-state index contributed by atoms with van der Waals surface area (Å²) in [5.74, 6) is 1.68. The van der Waals surface area contributed by atoms with Crippen LogP contribution in [0, 0.1) is 0 Å². The standard InChI is InChI=1S/C18H26N2O4/c1-19(8-9-21)13-18(22)20-7-2-4-15(20)14-5-6-16-17(12-14)24-11-3-10-23-16/h5-6,12,15,21H,2-4,7-11,13H2,1H3. The third-order valence-corrected chi connectivity index (χ3v) is 4.62. The van der Waals surface area contributed by atoms with E-state index in [1.165, 1.54) is 0 Å². The van der Waals surface area contributed by atoms with Crippen LogP contribution in [0.25, 0.3) is 0 Å². The molecule has 0 spiro atoms. The van der Waals surface area contributed by atoms with Gasteiger partial charge in [-0.15, -0.1) is 0 Å². The maximum absolute atomic E-state index is 12.6. The molecule has 6 nitrogen and oxygen atoms in total. The van der Waals surface area contributed by atoms with Crippen molar-refractivity contribution in [2.45, 2.75) is 25.3 Å². The van der Waals surface area contributed by atoms with Gasteiger partial charge in [0.05, 0.1) is 32.4 Å². The van der Waals surface area contributed by atoms with Crippen LogP contribution >= 0.6 is 0 Å². The zero-order valence-corrected chi connectivity index (χ0v) is 14.2. The number of likely N-dealkylation sites (tertiary alicyclic amines) is 1. The van der Waals surface area contributed by atoms with Crippen LogP contribution in [0.5, 0.6) is 11.5 Å². The predicted octanol–water partition coefficient (Wildman–Crippen LogP) is 1.44. The van der Waals surface area contributed by atoms with Crippen molar-refractivity contribution in [1.82, 2.24) is 9.80 Å². The number of rotatable bonds is 5. The Kier molecular flexibility index (Phi) is 5.58. The summed E-state index contributed by atoms with van der Waals surface area (Å²) in [5, 5.41) is 8.99. The van der Waals surface area contributed by atoms with Crippen LogP contribution in [0.2, 0.25) is 0 Å². The van der Waals surface area contributed by atoms with E-state index in [1.807, 2.05) is 35.0 Å². The van der Waals surface area contributed by atoms with Crippen LogP contribution in [-0.4, -0.2) is 67.3 Å². The second-order valence-corrected chi connectivity index (χ2v) is 6.46. The lowest BCUT2D eigenvalue weighted by Gasteiger charge is -2.27. The molecule has 1 N–H and O–H groups in total. The van der Waals surface area contributed by atoms with Crippen LogP contribution < -0.4 is 9.47 Å². The van der Waals surface area contributed by atoms with E-state index in [9.17, 15) is 4.79 Å². The number of aliphatic hydroxyl groups excluding tert-OH is 1. The highest BCUT2D eigenvalue weighted by Crippen LogP contribution is 2.37. The molecule has 0 aromatic heterocycles. The first kappa shape index (κ1) is 17.0. The van der Waals surface area contributed by atoms with Crippen molar-refractivity contribution in [2.75, 3.05) is 46.5 Å². The summed E-state index contributed by atoms with van der Waals surface area (Å²) in [6.07, 6.45) is 2.86. The molecule has 132 valence electrons. The molecule has 2 aliphatic heterocycles. The first-order chi connectivity index (χ1) is 11.7. The molecule has 0 saturated carbocycles. The summed E-state index contributed by atoms with van der Waals surface area (Å²) in [4.78, 5) is 16.4. The van der Waals surface area contributed by atoms with E-state index >= 15 is 0 Å². The smallest absolute Gasteiger partial charge is 0.237 e. The Labute approximate surface area is 143 Å². The molecule has 1 fully saturated rings. The van der Waals surface area contributed by atoms with Crippen molar-refractivity contribution in [2.24, 2.45) is 0 Å². The molecule has 1 aromatic rings. The van der Waals surface area contributed by atoms with E-state index in [1.54, 1.807) is 0 Å². The van der Waals surface area contributed by atoms with Crippen molar-refractivity contribution in [3.8, 4) is 11.5 Å². The minimum atomic E-state index is 0.0649. The van der Waals surface area contributed by atoms with Gasteiger partial charge in [-0.2, -0.15) is 0 Å². The van der Waals surface area contributed by atoms with E-state index in [0.717, 1.165) is 42.9 Å². The van der Waals surface area contributed by atoms with Gasteiger partial charge < -0.3 is 19.5 Å². The molecule has 3 rings (SSSR count). The first-order valence-corrected chi connectivity index (χ1v) is 8.67. The van der Waals surface area contributed by atoms with Crippen LogP contribution in [0.1, 0.15) is 30.9 Å². The van der Waals surface area contributed by atoms with E-state index in [0.29, 0.717) is 26.3 Å². The number of carbonyl (C=O) groups excluding carboxylic acids is 1. The van der Waals surface area contributed by atoms with Gasteiger partial charge in [-0.25, -0.2) is 0 Å². The second-order valence-electron chi connectivity index (χ2n) is 6.46. The summed E-state index contributed by atoms with van der Waals surface area (Å²) in [6, 6.07) is 6.11. The number of amides is 1. The third kappa shape index (κ3) is 3.82. The van der Waals surface area contributed by atoms with Gasteiger partial charge in [0.2, 0.25) is 5.91 Å². The lowest BCUT2D eigenvalue weighted by Crippen LogP contribution is -2.39. The normalized spacial score (nSPS) is 20.3. The number of aliphatic hydroxyl groups is 1. The largest absolute Gasteiger partial charge is 0.490 e. The minimum Gasteiger partial charge on any atom is -0.490 e. The number of nitrogens with zero attached hydrogens (tertiary/aromatic N) is 2. The van der Waals surface area contributed by atoms with Crippen molar-refractivity contribution < 1.29 is 19.4 Å². The summed E-state index contributed by atoms with van der Waals surface area (Å²) >= 11 is 0. The van der Waals surface area contributed by atoms with E-state index < -0.39 is 0 Å². The Morgan fingerprint density at radius 1 is 1.29 bits per heavy atom. The number of ether oxygens (including phenoxy) is 2. The number of hydrogen-bond donors (Lipinski definition) is 1. The molecular formula is C18H26N2O4. The summed E-state index contributed by atoms with van der Waals surface area (Å²) in [7, 11) is 1.85. The maximum atomic E-state index is 12.6. The Morgan fingerprint density at radius 2 is 2.08 bits per heavy atom. The molecule has 24 heavy (non-hydrogen) atoms. The fourth-order valence-corrected chi connectivity index (χ4v) is 3.37. The lowest BCUT2D eigenvalue weighted by atomic mass is 10.0. The van der Waals surface area contributed by atoms with Gasteiger partial charge in [0.15, 0.2) is 11.5 Å². The van der Waals surface area contributed by atoms with Crippen LogP contribution in [0.15, 0.2) is 18.2 Å². The highest BCUT2D eigenvalue weighted by molar-refractivity contribution is 5.79. The number of likely N-dealkylation sites (N-methyl/N-ethyl adjacent to an activating group) is 1. The van der Waals surface area contributed by atoms with Gasteiger partial charge in [-0.05, 0) is 37.6 Å². The Balaban J connectivity index is 1.73. The van der Waals surface area contributed by atoms with Gasteiger partial charge in [-0.1, -0.05) is 6.07 Å². The topological polar surface area (TPSA) is 62.2 Å². The molecular weight excluding hydrogens is 308 g/mol.